The van der Waals surface area contributed by atoms with Crippen LogP contribution < -0.4 is 10.6 Å². The van der Waals surface area contributed by atoms with Crippen molar-refractivity contribution < 1.29 is 0 Å². The smallest absolute Gasteiger partial charge is 0.183 e. The number of H-pyrrole nitrogens is 1. The lowest BCUT2D eigenvalue weighted by Gasteiger charge is -2.30. The van der Waals surface area contributed by atoms with Gasteiger partial charge in [-0.3, -0.25) is 0 Å². The Morgan fingerprint density at radius 2 is 2.12 bits per heavy atom. The van der Waals surface area contributed by atoms with Gasteiger partial charge in [-0.1, -0.05) is 0 Å². The summed E-state index contributed by atoms with van der Waals surface area (Å²) in [7, 11) is 0. The standard InChI is InChI=1S/C11H16N6/c1-7-15-9-10(16-7)13-6-14-11(9)17-4-2-8(12)3-5-17/h6,8H,2-5,12H2,1H3,(H,13,14,15,16). The lowest BCUT2D eigenvalue weighted by atomic mass is 10.1. The van der Waals surface area contributed by atoms with Crippen molar-refractivity contribution in [2.75, 3.05) is 18.0 Å². The molecule has 0 unspecified atom stereocenters. The molecule has 0 aromatic carbocycles. The Balaban J connectivity index is 1.99. The molecule has 6 heteroatoms. The molecule has 0 bridgehead atoms. The van der Waals surface area contributed by atoms with Gasteiger partial charge in [0.05, 0.1) is 0 Å². The maximum Gasteiger partial charge on any atom is 0.183 e. The number of imidazole rings is 1. The van der Waals surface area contributed by atoms with E-state index in [0.29, 0.717) is 6.04 Å². The number of rotatable bonds is 1. The second kappa shape index (κ2) is 3.96. The van der Waals surface area contributed by atoms with Crippen LogP contribution in [0.3, 0.4) is 0 Å². The molecule has 17 heavy (non-hydrogen) atoms. The molecule has 0 radical (unpaired) electrons. The van der Waals surface area contributed by atoms with Crippen LogP contribution >= 0.6 is 0 Å². The summed E-state index contributed by atoms with van der Waals surface area (Å²) >= 11 is 0. The lowest BCUT2D eigenvalue weighted by Crippen LogP contribution is -2.40. The van der Waals surface area contributed by atoms with Crippen LogP contribution in [0.25, 0.3) is 11.2 Å². The van der Waals surface area contributed by atoms with E-state index in [2.05, 4.69) is 24.8 Å². The van der Waals surface area contributed by atoms with Gasteiger partial charge < -0.3 is 15.6 Å². The van der Waals surface area contributed by atoms with Crippen molar-refractivity contribution in [2.45, 2.75) is 25.8 Å². The van der Waals surface area contributed by atoms with Crippen LogP contribution in [0.4, 0.5) is 5.82 Å². The zero-order chi connectivity index (χ0) is 11.8. The van der Waals surface area contributed by atoms with Crippen molar-refractivity contribution in [3.05, 3.63) is 12.2 Å². The van der Waals surface area contributed by atoms with E-state index in [-0.39, 0.29) is 0 Å². The quantitative estimate of drug-likeness (QED) is 0.751. The zero-order valence-electron chi connectivity index (χ0n) is 9.85. The van der Waals surface area contributed by atoms with Gasteiger partial charge in [-0.2, -0.15) is 0 Å². The van der Waals surface area contributed by atoms with Crippen LogP contribution in [0.5, 0.6) is 0 Å². The molecule has 2 aromatic heterocycles. The second-order valence-corrected chi connectivity index (χ2v) is 4.54. The van der Waals surface area contributed by atoms with Crippen LogP contribution in [0.2, 0.25) is 0 Å². The number of fused-ring (bicyclic) bond motifs is 1. The summed E-state index contributed by atoms with van der Waals surface area (Å²) in [5.74, 6) is 1.82. The molecule has 0 amide bonds. The number of piperidine rings is 1. The molecule has 1 aliphatic heterocycles. The number of nitrogens with zero attached hydrogens (tertiary/aromatic N) is 4. The first-order valence-corrected chi connectivity index (χ1v) is 5.92. The van der Waals surface area contributed by atoms with Crippen LogP contribution in [0, 0.1) is 6.92 Å². The summed E-state index contributed by atoms with van der Waals surface area (Å²) in [6, 6.07) is 0.326. The third-order valence-electron chi connectivity index (χ3n) is 3.23. The number of hydrogen-bond acceptors (Lipinski definition) is 5. The predicted molar refractivity (Wildman–Crippen MR) is 65.8 cm³/mol. The van der Waals surface area contributed by atoms with Crippen molar-refractivity contribution in [3.63, 3.8) is 0 Å². The van der Waals surface area contributed by atoms with Gasteiger partial charge in [0, 0.05) is 19.1 Å². The number of nitrogens with one attached hydrogen (secondary N) is 1. The number of nitrogens with two attached hydrogens (primary N) is 1. The zero-order valence-corrected chi connectivity index (χ0v) is 9.85. The molecule has 3 heterocycles. The number of aromatic nitrogens is 4. The third-order valence-corrected chi connectivity index (χ3v) is 3.23. The minimum absolute atomic E-state index is 0.326. The molecule has 1 saturated heterocycles. The Bertz CT molecular complexity index is 526. The molecule has 90 valence electrons. The fraction of sp³-hybridized carbons (Fsp3) is 0.545. The molecule has 0 saturated carbocycles. The highest BCUT2D eigenvalue weighted by molar-refractivity contribution is 5.83. The number of hydrogen-bond donors (Lipinski definition) is 2. The molecule has 0 spiro atoms. The van der Waals surface area contributed by atoms with Crippen molar-refractivity contribution in [3.8, 4) is 0 Å². The maximum atomic E-state index is 5.91. The fourth-order valence-electron chi connectivity index (χ4n) is 2.28. The van der Waals surface area contributed by atoms with E-state index in [0.717, 1.165) is 48.7 Å². The van der Waals surface area contributed by atoms with Crippen LogP contribution in [0.1, 0.15) is 18.7 Å². The van der Waals surface area contributed by atoms with Gasteiger partial charge in [0.2, 0.25) is 0 Å². The largest absolute Gasteiger partial charge is 0.355 e. The summed E-state index contributed by atoms with van der Waals surface area (Å²) in [5.41, 5.74) is 7.58. The van der Waals surface area contributed by atoms with E-state index in [9.17, 15) is 0 Å². The summed E-state index contributed by atoms with van der Waals surface area (Å²) in [4.78, 5) is 18.3. The van der Waals surface area contributed by atoms with Crippen molar-refractivity contribution >= 4 is 17.0 Å². The molecule has 1 aliphatic rings. The highest BCUT2D eigenvalue weighted by atomic mass is 15.2. The Morgan fingerprint density at radius 1 is 1.35 bits per heavy atom. The maximum absolute atomic E-state index is 5.91. The van der Waals surface area contributed by atoms with Gasteiger partial charge in [-0.25, -0.2) is 15.0 Å². The van der Waals surface area contributed by atoms with Gasteiger partial charge in [-0.15, -0.1) is 0 Å². The topological polar surface area (TPSA) is 83.7 Å². The molecule has 3 rings (SSSR count). The normalized spacial score (nSPS) is 17.9. The van der Waals surface area contributed by atoms with Crippen LogP contribution in [-0.2, 0) is 0 Å². The Morgan fingerprint density at radius 3 is 2.88 bits per heavy atom. The van der Waals surface area contributed by atoms with Crippen LogP contribution in [-0.4, -0.2) is 39.1 Å². The lowest BCUT2D eigenvalue weighted by molar-refractivity contribution is 0.499. The third kappa shape index (κ3) is 1.84. The van der Waals surface area contributed by atoms with E-state index in [4.69, 9.17) is 5.73 Å². The minimum atomic E-state index is 0.326. The molecule has 1 fully saturated rings. The van der Waals surface area contributed by atoms with E-state index in [1.165, 1.54) is 0 Å². The average Bonchev–Trinajstić information content (AvgIpc) is 2.70. The summed E-state index contributed by atoms with van der Waals surface area (Å²) in [6.45, 7) is 3.83. The minimum Gasteiger partial charge on any atom is -0.355 e. The highest BCUT2D eigenvalue weighted by Crippen LogP contribution is 2.23. The monoisotopic (exact) mass is 232 g/mol. The first kappa shape index (κ1) is 10.5. The fourth-order valence-corrected chi connectivity index (χ4v) is 2.28. The first-order valence-electron chi connectivity index (χ1n) is 5.92. The van der Waals surface area contributed by atoms with Crippen molar-refractivity contribution in [1.29, 1.82) is 0 Å². The molecular weight excluding hydrogens is 216 g/mol. The van der Waals surface area contributed by atoms with E-state index >= 15 is 0 Å². The van der Waals surface area contributed by atoms with Crippen molar-refractivity contribution in [1.82, 2.24) is 19.9 Å². The van der Waals surface area contributed by atoms with Gasteiger partial charge >= 0.3 is 0 Å². The SMILES string of the molecule is Cc1nc2ncnc(N3CCC(N)CC3)c2[nH]1. The predicted octanol–water partition coefficient (Wildman–Crippen LogP) is 0.589. The van der Waals surface area contributed by atoms with Gasteiger partial charge in [0.25, 0.3) is 0 Å². The first-order chi connectivity index (χ1) is 8.24. The van der Waals surface area contributed by atoms with Crippen LogP contribution in [0.15, 0.2) is 6.33 Å². The second-order valence-electron chi connectivity index (χ2n) is 4.54. The number of aryl methyl sites for hydroxylation is 1. The van der Waals surface area contributed by atoms with E-state index in [1.54, 1.807) is 6.33 Å². The molecule has 0 atom stereocenters. The summed E-state index contributed by atoms with van der Waals surface area (Å²) in [5, 5.41) is 0. The Hall–Kier alpha value is -1.69. The molecule has 0 aliphatic carbocycles. The van der Waals surface area contributed by atoms with E-state index in [1.807, 2.05) is 6.92 Å². The molecular formula is C11H16N6. The van der Waals surface area contributed by atoms with E-state index < -0.39 is 0 Å². The van der Waals surface area contributed by atoms with Gasteiger partial charge in [0.15, 0.2) is 11.5 Å². The summed E-state index contributed by atoms with van der Waals surface area (Å²) < 4.78 is 0. The Kier molecular flexibility index (Phi) is 2.44. The van der Waals surface area contributed by atoms with Gasteiger partial charge in [0.1, 0.15) is 17.7 Å². The average molecular weight is 232 g/mol. The highest BCUT2D eigenvalue weighted by Gasteiger charge is 2.20. The van der Waals surface area contributed by atoms with Gasteiger partial charge in [-0.05, 0) is 19.8 Å². The van der Waals surface area contributed by atoms with Crippen molar-refractivity contribution in [2.24, 2.45) is 5.73 Å². The number of aromatic amines is 1. The summed E-state index contributed by atoms with van der Waals surface area (Å²) in [6.07, 6.45) is 3.60. The molecule has 6 nitrogen and oxygen atoms in total. The number of anilines is 1. The molecule has 2 aromatic rings. The molecule has 3 N–H and O–H groups in total. The Labute approximate surface area is 99.3 Å².